The molecule has 2 aliphatic carbocycles. The molecule has 0 amide bonds. The molecule has 0 saturated carbocycles. The maximum atomic E-state index is 7.14. The van der Waals surface area contributed by atoms with E-state index >= 15 is 0 Å². The molecule has 0 N–H and O–H groups in total. The van der Waals surface area contributed by atoms with Crippen molar-refractivity contribution in [2.24, 2.45) is 0 Å². The van der Waals surface area contributed by atoms with Crippen molar-refractivity contribution in [3.8, 4) is 34.1 Å². The van der Waals surface area contributed by atoms with E-state index in [0.717, 1.165) is 41.8 Å². The fourth-order valence-electron chi connectivity index (χ4n) is 5.59. The van der Waals surface area contributed by atoms with Crippen LogP contribution in [-0.2, 0) is 64.0 Å². The minimum absolute atomic E-state index is 0. The average molecular weight is 943 g/mol. The van der Waals surface area contributed by atoms with Crippen LogP contribution in [0.2, 0.25) is 0 Å². The standard InChI is InChI=1S/2C15H9.C11H10N2.2Au/c2*1-2-11-7-8-13-10-12-5-3-4-6-14(12)15(13)9-11;1-3-7-12-10(5-1)9-11-6-2-4-8-13-11;;/h2*3-9H,10H2;1-8H,9H2;;/q2*-1;;2*+1. The first kappa shape index (κ1) is 33.7. The fourth-order valence-corrected chi connectivity index (χ4v) is 5.59. The number of fused-ring (bicyclic) bond motifs is 6. The van der Waals surface area contributed by atoms with Crippen LogP contribution < -0.4 is 0 Å². The summed E-state index contributed by atoms with van der Waals surface area (Å²) in [6, 6.07) is 41.0. The Balaban J connectivity index is 0.000000151. The molecule has 2 heterocycles. The number of pyridine rings is 2. The van der Waals surface area contributed by atoms with Crippen molar-refractivity contribution in [3.63, 3.8) is 0 Å². The maximum Gasteiger partial charge on any atom is 1.00 e. The molecule has 0 fully saturated rings. The Morgan fingerprint density at radius 1 is 0.467 bits per heavy atom. The van der Waals surface area contributed by atoms with Crippen LogP contribution in [0.15, 0.2) is 134 Å². The van der Waals surface area contributed by atoms with Crippen LogP contribution in [0.5, 0.6) is 0 Å². The zero-order chi connectivity index (χ0) is 29.4. The zero-order valence-corrected chi connectivity index (χ0v) is 28.7. The Bertz CT molecular complexity index is 1830. The van der Waals surface area contributed by atoms with Crippen LogP contribution in [-0.4, -0.2) is 9.97 Å². The van der Waals surface area contributed by atoms with Crippen molar-refractivity contribution >= 4 is 0 Å². The Morgan fingerprint density at radius 3 is 1.27 bits per heavy atom. The smallest absolute Gasteiger partial charge is 0.366 e. The second-order valence-electron chi connectivity index (χ2n) is 10.5. The van der Waals surface area contributed by atoms with E-state index in [1.807, 2.05) is 60.7 Å². The van der Waals surface area contributed by atoms with Gasteiger partial charge in [-0.25, -0.2) is 0 Å². The van der Waals surface area contributed by atoms with Gasteiger partial charge in [-0.1, -0.05) is 72.8 Å². The molecule has 2 aliphatic rings. The number of nitrogens with zero attached hydrogens (tertiary/aromatic N) is 2. The normalized spacial score (nSPS) is 10.6. The van der Waals surface area contributed by atoms with Crippen molar-refractivity contribution in [1.82, 2.24) is 9.97 Å². The van der Waals surface area contributed by atoms with Crippen molar-refractivity contribution in [2.75, 3.05) is 0 Å². The molecule has 4 aromatic carbocycles. The molecular formula is C41H28Au2N2. The number of aromatic nitrogens is 2. The number of hydrogen-bond donors (Lipinski definition) is 0. The van der Waals surface area contributed by atoms with E-state index in [1.165, 1.54) is 44.5 Å². The minimum atomic E-state index is 0. The summed E-state index contributed by atoms with van der Waals surface area (Å²) in [5.74, 6) is 4.87. The molecule has 8 rings (SSSR count). The third-order valence-electron chi connectivity index (χ3n) is 7.70. The molecule has 0 saturated heterocycles. The topological polar surface area (TPSA) is 25.8 Å². The third-order valence-corrected chi connectivity index (χ3v) is 7.70. The maximum absolute atomic E-state index is 7.14. The van der Waals surface area contributed by atoms with Crippen LogP contribution >= 0.6 is 0 Å². The van der Waals surface area contributed by atoms with Crippen LogP contribution in [0.25, 0.3) is 22.3 Å². The SMILES string of the molecule is [Au+].[Au+].[C-]#Cc1ccc2c(c1)-c1ccccc1C2.[C-]#Cc1ccc2c(c1)-c1ccccc1C2.c1ccc(Cc2ccccn2)nc1. The quantitative estimate of drug-likeness (QED) is 0.0989. The van der Waals surface area contributed by atoms with Gasteiger partial charge in [-0.15, -0.1) is 35.4 Å². The molecule has 0 bridgehead atoms. The van der Waals surface area contributed by atoms with E-state index in [1.54, 1.807) is 12.4 Å². The fraction of sp³-hybridized carbons (Fsp3) is 0.0732. The van der Waals surface area contributed by atoms with E-state index in [2.05, 4.69) is 82.5 Å². The summed E-state index contributed by atoms with van der Waals surface area (Å²) in [4.78, 5) is 8.47. The van der Waals surface area contributed by atoms with E-state index in [4.69, 9.17) is 12.8 Å². The van der Waals surface area contributed by atoms with Gasteiger partial charge >= 0.3 is 44.8 Å². The first-order valence-corrected chi connectivity index (χ1v) is 14.3. The summed E-state index contributed by atoms with van der Waals surface area (Å²) in [5, 5.41) is 0. The van der Waals surface area contributed by atoms with Gasteiger partial charge in [0.15, 0.2) is 0 Å². The molecule has 0 unspecified atom stereocenters. The van der Waals surface area contributed by atoms with E-state index in [0.29, 0.717) is 0 Å². The number of hydrogen-bond acceptors (Lipinski definition) is 2. The van der Waals surface area contributed by atoms with Crippen molar-refractivity contribution in [2.45, 2.75) is 19.3 Å². The largest absolute Gasteiger partial charge is 1.00 e. The van der Waals surface area contributed by atoms with Gasteiger partial charge in [0.2, 0.25) is 0 Å². The second kappa shape index (κ2) is 16.2. The van der Waals surface area contributed by atoms with E-state index in [-0.39, 0.29) is 44.8 Å². The van der Waals surface area contributed by atoms with Gasteiger partial charge in [-0.05, 0) is 81.6 Å². The van der Waals surface area contributed by atoms with Gasteiger partial charge < -0.3 is 12.8 Å². The van der Waals surface area contributed by atoms with Crippen molar-refractivity contribution in [1.29, 1.82) is 0 Å². The number of rotatable bonds is 2. The average Bonchev–Trinajstić information content (AvgIpc) is 3.64. The molecule has 224 valence electrons. The second-order valence-corrected chi connectivity index (χ2v) is 10.5. The molecule has 45 heavy (non-hydrogen) atoms. The van der Waals surface area contributed by atoms with Crippen LogP contribution in [0.3, 0.4) is 0 Å². The predicted octanol–water partition coefficient (Wildman–Crippen LogP) is 8.45. The molecule has 0 radical (unpaired) electrons. The van der Waals surface area contributed by atoms with Gasteiger partial charge in [-0.2, -0.15) is 0 Å². The van der Waals surface area contributed by atoms with Gasteiger partial charge in [0.1, 0.15) is 0 Å². The summed E-state index contributed by atoms with van der Waals surface area (Å²) in [7, 11) is 0. The molecule has 2 nitrogen and oxygen atoms in total. The van der Waals surface area contributed by atoms with Gasteiger partial charge in [0.25, 0.3) is 0 Å². The first-order chi connectivity index (χ1) is 21.2. The van der Waals surface area contributed by atoms with Crippen LogP contribution in [0.4, 0.5) is 0 Å². The van der Waals surface area contributed by atoms with E-state index in [9.17, 15) is 0 Å². The molecule has 6 aromatic rings. The summed E-state index contributed by atoms with van der Waals surface area (Å²) in [5.41, 5.74) is 14.5. The monoisotopic (exact) mass is 942 g/mol. The third kappa shape index (κ3) is 8.09. The number of benzene rings is 4. The molecular weight excluding hydrogens is 914 g/mol. The first-order valence-electron chi connectivity index (χ1n) is 14.3. The Kier molecular flexibility index (Phi) is 12.1. The Labute approximate surface area is 297 Å². The van der Waals surface area contributed by atoms with Gasteiger partial charge in [-0.3, -0.25) is 21.8 Å². The molecule has 2 aromatic heterocycles. The Morgan fingerprint density at radius 2 is 0.867 bits per heavy atom. The summed E-state index contributed by atoms with van der Waals surface area (Å²) in [6.07, 6.45) is 20.7. The van der Waals surface area contributed by atoms with Crippen molar-refractivity contribution < 1.29 is 44.8 Å². The molecule has 0 aliphatic heterocycles. The molecule has 0 atom stereocenters. The molecule has 4 heteroatoms. The zero-order valence-electron chi connectivity index (χ0n) is 24.3. The predicted molar refractivity (Wildman–Crippen MR) is 173 cm³/mol. The molecule has 0 spiro atoms. The minimum Gasteiger partial charge on any atom is -0.366 e. The van der Waals surface area contributed by atoms with Gasteiger partial charge in [0.05, 0.1) is 0 Å². The summed E-state index contributed by atoms with van der Waals surface area (Å²) in [6.45, 7) is 0. The van der Waals surface area contributed by atoms with Crippen molar-refractivity contribution in [3.05, 3.63) is 191 Å². The van der Waals surface area contributed by atoms with Gasteiger partial charge in [0, 0.05) is 30.2 Å². The Hall–Kier alpha value is -4.22. The summed E-state index contributed by atoms with van der Waals surface area (Å²) < 4.78 is 0. The summed E-state index contributed by atoms with van der Waals surface area (Å²) >= 11 is 0. The van der Waals surface area contributed by atoms with Crippen LogP contribution in [0.1, 0.15) is 44.8 Å². The van der Waals surface area contributed by atoms with E-state index < -0.39 is 0 Å². The van der Waals surface area contributed by atoms with Crippen LogP contribution in [0, 0.1) is 24.7 Å².